The van der Waals surface area contributed by atoms with Gasteiger partial charge in [-0.3, -0.25) is 0 Å². The van der Waals surface area contributed by atoms with Crippen LogP contribution in [-0.2, 0) is 10.3 Å². The van der Waals surface area contributed by atoms with Crippen molar-refractivity contribution in [1.82, 2.24) is 9.97 Å². The highest BCUT2D eigenvalue weighted by Crippen LogP contribution is 2.41. The molecule has 274 valence electrons. The molecular weight excluding hydrogens is 681 g/mol. The summed E-state index contributed by atoms with van der Waals surface area (Å²) in [6.45, 7) is -0.0807. The van der Waals surface area contributed by atoms with E-state index in [-0.39, 0.29) is 6.61 Å². The average Bonchev–Trinajstić information content (AvgIpc) is 3.23. The molecule has 0 aliphatic heterocycles. The highest BCUT2D eigenvalue weighted by molar-refractivity contribution is 5.47. The van der Waals surface area contributed by atoms with E-state index < -0.39 is 23.9 Å². The van der Waals surface area contributed by atoms with Crippen LogP contribution in [0.3, 0.4) is 0 Å². The zero-order valence-electron chi connectivity index (χ0n) is 30.6. The minimum atomic E-state index is -1.10. The third-order valence-corrected chi connectivity index (χ3v) is 8.93. The number of methoxy groups -OCH3 is 2. The van der Waals surface area contributed by atoms with Gasteiger partial charge in [-0.1, -0.05) is 96.1 Å². The molecule has 0 spiro atoms. The molecule has 11 heteroatoms. The first-order chi connectivity index (χ1) is 26.4. The van der Waals surface area contributed by atoms with Crippen molar-refractivity contribution in [3.63, 3.8) is 0 Å². The Morgan fingerprint density at radius 3 is 1.46 bits per heavy atom. The van der Waals surface area contributed by atoms with Gasteiger partial charge in [0.15, 0.2) is 12.2 Å². The minimum Gasteiger partial charge on any atom is -0.497 e. The Bertz CT molecular complexity index is 1980. The molecule has 11 nitrogen and oxygen atoms in total. The predicted molar refractivity (Wildman–Crippen MR) is 208 cm³/mol. The molecule has 1 aromatic heterocycles. The lowest BCUT2D eigenvalue weighted by molar-refractivity contribution is -0.0344. The zero-order chi connectivity index (χ0) is 37.8. The first kappa shape index (κ1) is 37.2. The van der Waals surface area contributed by atoms with E-state index in [0.29, 0.717) is 34.5 Å². The molecule has 0 aliphatic rings. The summed E-state index contributed by atoms with van der Waals surface area (Å²) in [5.41, 5.74) is 12.3. The van der Waals surface area contributed by atoms with Gasteiger partial charge in [-0.15, -0.1) is 0 Å². The number of anilines is 1. The van der Waals surface area contributed by atoms with Crippen LogP contribution in [0.5, 0.6) is 23.0 Å². The summed E-state index contributed by atoms with van der Waals surface area (Å²) in [4.78, 5) is 14.3. The Labute approximate surface area is 315 Å². The van der Waals surface area contributed by atoms with Crippen LogP contribution in [0.15, 0.2) is 157 Å². The number of hydrogen-bond acceptors (Lipinski definition) is 9. The van der Waals surface area contributed by atoms with Gasteiger partial charge in [0.05, 0.1) is 20.8 Å². The van der Waals surface area contributed by atoms with Crippen molar-refractivity contribution in [2.45, 2.75) is 23.9 Å². The monoisotopic (exact) mass is 722 g/mol. The molecular formula is C43H42N6O5. The van der Waals surface area contributed by atoms with Crippen LogP contribution in [0.2, 0.25) is 0 Å². The molecule has 6 aromatic rings. The fourth-order valence-electron chi connectivity index (χ4n) is 6.23. The lowest BCUT2D eigenvalue weighted by atomic mass is 9.80. The van der Waals surface area contributed by atoms with Crippen molar-refractivity contribution >= 4 is 5.95 Å². The number of ether oxygens (including phenoxy) is 5. The molecule has 0 bridgehead atoms. The van der Waals surface area contributed by atoms with Gasteiger partial charge < -0.3 is 28.6 Å². The topological polar surface area (TPSA) is 124 Å². The molecule has 5 aromatic carbocycles. The van der Waals surface area contributed by atoms with Gasteiger partial charge in [0.25, 0.3) is 0 Å². The Balaban J connectivity index is 1.49. The van der Waals surface area contributed by atoms with E-state index in [1.807, 2.05) is 105 Å². The summed E-state index contributed by atoms with van der Waals surface area (Å²) in [6.07, 6.45) is 1.52. The summed E-state index contributed by atoms with van der Waals surface area (Å²) >= 11 is 0. The van der Waals surface area contributed by atoms with Crippen LogP contribution in [0, 0.1) is 0 Å². The van der Waals surface area contributed by atoms with Crippen molar-refractivity contribution in [1.29, 1.82) is 0 Å². The van der Waals surface area contributed by atoms with Gasteiger partial charge in [-0.2, -0.15) is 0 Å². The molecule has 1 unspecified atom stereocenters. The molecule has 0 saturated carbocycles. The van der Waals surface area contributed by atoms with Gasteiger partial charge >= 0.3 is 0 Å². The van der Waals surface area contributed by atoms with E-state index in [9.17, 15) is 5.53 Å². The van der Waals surface area contributed by atoms with E-state index in [4.69, 9.17) is 23.7 Å². The van der Waals surface area contributed by atoms with Crippen LogP contribution >= 0.6 is 0 Å². The van der Waals surface area contributed by atoms with Crippen molar-refractivity contribution in [2.75, 3.05) is 39.8 Å². The molecule has 0 saturated heterocycles. The number of azide groups is 1. The fraction of sp³-hybridized carbons (Fsp3) is 0.209. The number of rotatable bonds is 17. The van der Waals surface area contributed by atoms with Gasteiger partial charge in [0.1, 0.15) is 34.6 Å². The second kappa shape index (κ2) is 17.8. The molecule has 0 amide bonds. The maximum atomic E-state index is 10.1. The second-order valence-electron chi connectivity index (χ2n) is 12.5. The van der Waals surface area contributed by atoms with Crippen LogP contribution in [-0.4, -0.2) is 57.0 Å². The largest absolute Gasteiger partial charge is 0.497 e. The Kier molecular flexibility index (Phi) is 12.3. The summed E-state index contributed by atoms with van der Waals surface area (Å²) in [5.74, 6) is 2.86. The number of aromatic nitrogens is 2. The van der Waals surface area contributed by atoms with Crippen molar-refractivity contribution < 1.29 is 23.7 Å². The molecule has 1 heterocycles. The van der Waals surface area contributed by atoms with Crippen molar-refractivity contribution in [3.8, 4) is 23.0 Å². The average molecular weight is 723 g/mol. The van der Waals surface area contributed by atoms with E-state index in [1.54, 1.807) is 80.0 Å². The van der Waals surface area contributed by atoms with E-state index in [0.717, 1.165) is 16.7 Å². The normalized spacial score (nSPS) is 12.7. The molecule has 6 rings (SSSR count). The Morgan fingerprint density at radius 1 is 0.630 bits per heavy atom. The fourth-order valence-corrected chi connectivity index (χ4v) is 6.23. The highest BCUT2D eigenvalue weighted by Gasteiger charge is 2.41. The number of benzene rings is 5. The zero-order valence-corrected chi connectivity index (χ0v) is 30.6. The van der Waals surface area contributed by atoms with Gasteiger partial charge in [0, 0.05) is 37.0 Å². The van der Waals surface area contributed by atoms with Crippen molar-refractivity contribution in [3.05, 3.63) is 185 Å². The van der Waals surface area contributed by atoms with Gasteiger partial charge in [0.2, 0.25) is 5.95 Å². The highest BCUT2D eigenvalue weighted by atomic mass is 16.5. The quantitative estimate of drug-likeness (QED) is 0.0396. The lowest BCUT2D eigenvalue weighted by Gasteiger charge is -2.38. The van der Waals surface area contributed by atoms with Gasteiger partial charge in [-0.05, 0) is 70.8 Å². The molecule has 0 aliphatic carbocycles. The standard InChI is InChI=1S/C43H42N6O5/c1-49(2)42-45-28-31(29-46-42)40(53-37-24-20-35(50-3)21-25-37)41(54-38-26-22-36(51-4)23-27-38)39(47-48-44)30-52-43(32-14-8-5-9-15-32,33-16-10-6-11-17-33)34-18-12-7-13-19-34/h5-29,39-41H,30H2,1-4H3/t39?,40-,41-/m1/s1. The summed E-state index contributed by atoms with van der Waals surface area (Å²) in [7, 11) is 6.93. The summed E-state index contributed by atoms with van der Waals surface area (Å²) < 4.78 is 31.6. The first-order valence-electron chi connectivity index (χ1n) is 17.4. The summed E-state index contributed by atoms with van der Waals surface area (Å²) in [5, 5.41) is 4.36. The lowest BCUT2D eigenvalue weighted by Crippen LogP contribution is -2.44. The van der Waals surface area contributed by atoms with E-state index >= 15 is 0 Å². The van der Waals surface area contributed by atoms with Gasteiger partial charge in [-0.25, -0.2) is 9.97 Å². The van der Waals surface area contributed by atoms with Crippen molar-refractivity contribution in [2.24, 2.45) is 5.11 Å². The summed E-state index contributed by atoms with van der Waals surface area (Å²) in [6, 6.07) is 43.4. The maximum absolute atomic E-state index is 10.1. The third kappa shape index (κ3) is 8.56. The van der Waals surface area contributed by atoms with E-state index in [2.05, 4.69) is 20.0 Å². The maximum Gasteiger partial charge on any atom is 0.224 e. The number of nitrogens with zero attached hydrogens (tertiary/aromatic N) is 6. The van der Waals surface area contributed by atoms with Crippen LogP contribution in [0.4, 0.5) is 5.95 Å². The van der Waals surface area contributed by atoms with Crippen LogP contribution < -0.4 is 23.8 Å². The molecule has 0 fully saturated rings. The van der Waals surface area contributed by atoms with Crippen LogP contribution in [0.1, 0.15) is 28.4 Å². The molecule has 3 atom stereocenters. The molecule has 0 radical (unpaired) electrons. The molecule has 54 heavy (non-hydrogen) atoms. The smallest absolute Gasteiger partial charge is 0.224 e. The SMILES string of the molecule is COc1ccc(O[C@H](c2cnc(N(C)C)nc2)[C@H](Oc2ccc(OC)cc2)C(COC(c2ccccc2)(c2ccccc2)c2ccccc2)N=[N+]=[N-])cc1. The molecule has 0 N–H and O–H groups in total. The van der Waals surface area contributed by atoms with Crippen LogP contribution in [0.25, 0.3) is 10.4 Å². The Morgan fingerprint density at radius 2 is 1.06 bits per heavy atom. The number of hydrogen-bond donors (Lipinski definition) is 0. The minimum absolute atomic E-state index is 0.0807. The third-order valence-electron chi connectivity index (χ3n) is 8.93. The second-order valence-corrected chi connectivity index (χ2v) is 12.5. The Hall–Kier alpha value is -6.55. The van der Waals surface area contributed by atoms with E-state index in [1.165, 1.54) is 0 Å². The first-order valence-corrected chi connectivity index (χ1v) is 17.4. The predicted octanol–water partition coefficient (Wildman–Crippen LogP) is 8.82.